The molecule has 5 aromatic rings. The van der Waals surface area contributed by atoms with E-state index in [4.69, 9.17) is 9.47 Å². The monoisotopic (exact) mass is 655 g/mol. The van der Waals surface area contributed by atoms with E-state index in [1.165, 1.54) is 22.7 Å². The molecule has 2 atom stereocenters. The molecule has 0 spiro atoms. The van der Waals surface area contributed by atoms with Crippen LogP contribution >= 0.6 is 22.7 Å². The molecule has 0 saturated carbocycles. The number of nitrogens with one attached hydrogen (secondary N) is 2. The molecule has 0 bridgehead atoms. The normalized spacial score (nSPS) is 12.3. The standard InChI is InChI=1S/C35H37N5O4S2/c41-34(43-24-32-20-36-26-46-32)38-30(18-27-10-4-1-5-11-27)22-40(21-29-14-8-3-9-15-29)23-31(19-28-12-6-2-7-13-28)39-35(42)44-25-33-37-16-17-45-33/h1-17,20,26,30-31H,18-19,21-25H2,(H,38,41)(H,39,42)/t30-,31-/m1/s1. The first-order valence-corrected chi connectivity index (χ1v) is 16.8. The molecule has 2 heterocycles. The topological polar surface area (TPSA) is 106 Å². The minimum absolute atomic E-state index is 0.113. The quantitative estimate of drug-likeness (QED) is 0.125. The number of ether oxygens (including phenoxy) is 2. The predicted octanol–water partition coefficient (Wildman–Crippen LogP) is 6.48. The largest absolute Gasteiger partial charge is 0.444 e. The van der Waals surface area contributed by atoms with Crippen molar-refractivity contribution < 1.29 is 19.1 Å². The van der Waals surface area contributed by atoms with Crippen LogP contribution in [0.5, 0.6) is 0 Å². The molecule has 0 unspecified atom stereocenters. The Morgan fingerprint density at radius 3 is 1.76 bits per heavy atom. The maximum atomic E-state index is 13.0. The Balaban J connectivity index is 1.33. The summed E-state index contributed by atoms with van der Waals surface area (Å²) in [5.74, 6) is 0. The lowest BCUT2D eigenvalue weighted by Gasteiger charge is -2.31. The highest BCUT2D eigenvalue weighted by molar-refractivity contribution is 7.09. The van der Waals surface area contributed by atoms with Crippen LogP contribution in [0, 0.1) is 0 Å². The van der Waals surface area contributed by atoms with Gasteiger partial charge in [0.25, 0.3) is 0 Å². The predicted molar refractivity (Wildman–Crippen MR) is 180 cm³/mol. The third-order valence-electron chi connectivity index (χ3n) is 7.14. The van der Waals surface area contributed by atoms with E-state index in [9.17, 15) is 9.59 Å². The van der Waals surface area contributed by atoms with Gasteiger partial charge in [0.1, 0.15) is 18.2 Å². The molecule has 2 amide bonds. The van der Waals surface area contributed by atoms with E-state index in [2.05, 4.69) is 61.9 Å². The van der Waals surface area contributed by atoms with Gasteiger partial charge in [0.05, 0.1) is 10.4 Å². The van der Waals surface area contributed by atoms with Crippen molar-refractivity contribution in [2.45, 2.75) is 44.7 Å². The number of aromatic nitrogens is 2. The van der Waals surface area contributed by atoms with Crippen LogP contribution in [-0.4, -0.2) is 52.2 Å². The fourth-order valence-corrected chi connectivity index (χ4v) is 6.14. The van der Waals surface area contributed by atoms with E-state index in [1.54, 1.807) is 17.9 Å². The molecular weight excluding hydrogens is 619 g/mol. The highest BCUT2D eigenvalue weighted by Crippen LogP contribution is 2.14. The number of benzene rings is 3. The third kappa shape index (κ3) is 11.4. The van der Waals surface area contributed by atoms with Gasteiger partial charge < -0.3 is 20.1 Å². The molecule has 0 aliphatic rings. The van der Waals surface area contributed by atoms with Gasteiger partial charge in [0.2, 0.25) is 0 Å². The van der Waals surface area contributed by atoms with Crippen LogP contribution in [0.3, 0.4) is 0 Å². The fraction of sp³-hybridized carbons (Fsp3) is 0.257. The number of amides is 2. The molecule has 0 saturated heterocycles. The summed E-state index contributed by atoms with van der Waals surface area (Å²) in [7, 11) is 0. The molecule has 11 heteroatoms. The van der Waals surface area contributed by atoms with Gasteiger partial charge >= 0.3 is 12.2 Å². The van der Waals surface area contributed by atoms with Gasteiger partial charge in [-0.05, 0) is 29.5 Å². The molecule has 0 radical (unpaired) electrons. The Bertz CT molecular complexity index is 1470. The maximum Gasteiger partial charge on any atom is 0.407 e. The van der Waals surface area contributed by atoms with Crippen molar-refractivity contribution in [1.82, 2.24) is 25.5 Å². The van der Waals surface area contributed by atoms with Gasteiger partial charge in [-0.1, -0.05) is 91.0 Å². The van der Waals surface area contributed by atoms with Crippen molar-refractivity contribution in [3.8, 4) is 0 Å². The second-order valence-electron chi connectivity index (χ2n) is 10.8. The number of hydrogen-bond donors (Lipinski definition) is 2. The SMILES string of the molecule is O=C(N[C@H](Cc1ccccc1)CN(Cc1ccccc1)C[C@@H](Cc1ccccc1)NC(=O)OCc1nccs1)OCc1cncs1. The van der Waals surface area contributed by atoms with Crippen molar-refractivity contribution in [2.75, 3.05) is 13.1 Å². The van der Waals surface area contributed by atoms with Crippen molar-refractivity contribution in [1.29, 1.82) is 0 Å². The van der Waals surface area contributed by atoms with Crippen LogP contribution < -0.4 is 10.6 Å². The smallest absolute Gasteiger partial charge is 0.407 e. The Morgan fingerprint density at radius 2 is 1.26 bits per heavy atom. The summed E-state index contributed by atoms with van der Waals surface area (Å²) in [6, 6.07) is 29.8. The molecule has 2 aromatic heterocycles. The first-order valence-electron chi connectivity index (χ1n) is 15.1. The molecule has 0 aliphatic carbocycles. The average molecular weight is 656 g/mol. The molecule has 5 rings (SSSR count). The zero-order chi connectivity index (χ0) is 31.8. The van der Waals surface area contributed by atoms with Crippen molar-refractivity contribution in [3.05, 3.63) is 141 Å². The van der Waals surface area contributed by atoms with Crippen molar-refractivity contribution in [2.24, 2.45) is 0 Å². The average Bonchev–Trinajstić information content (AvgIpc) is 3.79. The van der Waals surface area contributed by atoms with Crippen molar-refractivity contribution >= 4 is 34.9 Å². The minimum Gasteiger partial charge on any atom is -0.444 e. The summed E-state index contributed by atoms with van der Waals surface area (Å²) in [5.41, 5.74) is 5.03. The van der Waals surface area contributed by atoms with Gasteiger partial charge in [0.15, 0.2) is 0 Å². The Kier molecular flexibility index (Phi) is 12.7. The zero-order valence-corrected chi connectivity index (χ0v) is 27.0. The lowest BCUT2D eigenvalue weighted by atomic mass is 10.0. The highest BCUT2D eigenvalue weighted by Gasteiger charge is 2.23. The lowest BCUT2D eigenvalue weighted by molar-refractivity contribution is 0.125. The second kappa shape index (κ2) is 17.8. The second-order valence-corrected chi connectivity index (χ2v) is 12.7. The number of nitrogens with zero attached hydrogens (tertiary/aromatic N) is 3. The first-order chi connectivity index (χ1) is 22.6. The van der Waals surface area contributed by atoms with Crippen molar-refractivity contribution in [3.63, 3.8) is 0 Å². The van der Waals surface area contributed by atoms with Gasteiger partial charge in [0, 0.05) is 49.5 Å². The number of thiazole rings is 2. The van der Waals surface area contributed by atoms with Crippen LogP contribution in [0.2, 0.25) is 0 Å². The number of hydrogen-bond acceptors (Lipinski definition) is 9. The Morgan fingerprint density at radius 1 is 0.717 bits per heavy atom. The fourth-order valence-electron chi connectivity index (χ4n) is 5.11. The van der Waals surface area contributed by atoms with E-state index >= 15 is 0 Å². The van der Waals surface area contributed by atoms with E-state index in [0.29, 0.717) is 32.5 Å². The number of carbonyl (C=O) groups excluding carboxylic acids is 2. The Labute approximate surface area is 277 Å². The van der Waals surface area contributed by atoms with Crippen LogP contribution in [-0.2, 0) is 42.1 Å². The molecule has 9 nitrogen and oxygen atoms in total. The van der Waals surface area contributed by atoms with E-state index in [1.807, 2.05) is 60.0 Å². The molecular formula is C35H37N5O4S2. The van der Waals surface area contributed by atoms with Gasteiger partial charge in [-0.3, -0.25) is 9.88 Å². The van der Waals surface area contributed by atoms with E-state index in [0.717, 1.165) is 26.6 Å². The van der Waals surface area contributed by atoms with Crippen LogP contribution in [0.15, 0.2) is 114 Å². The maximum absolute atomic E-state index is 13.0. The van der Waals surface area contributed by atoms with Gasteiger partial charge in [-0.2, -0.15) is 0 Å². The summed E-state index contributed by atoms with van der Waals surface area (Å²) in [5, 5.41) is 8.79. The van der Waals surface area contributed by atoms with Gasteiger partial charge in [-0.15, -0.1) is 22.7 Å². The molecule has 238 valence electrons. The first kappa shape index (κ1) is 32.8. The summed E-state index contributed by atoms with van der Waals surface area (Å²) in [4.78, 5) is 37.4. The number of alkyl carbamates (subject to hydrolysis) is 2. The number of rotatable bonds is 16. The number of carbonyl (C=O) groups is 2. The highest BCUT2D eigenvalue weighted by atomic mass is 32.1. The molecule has 46 heavy (non-hydrogen) atoms. The minimum atomic E-state index is -0.499. The van der Waals surface area contributed by atoms with Crippen LogP contribution in [0.25, 0.3) is 0 Å². The van der Waals surface area contributed by atoms with Gasteiger partial charge in [-0.25, -0.2) is 14.6 Å². The van der Waals surface area contributed by atoms with Crippen LogP contribution in [0.1, 0.15) is 26.6 Å². The zero-order valence-electron chi connectivity index (χ0n) is 25.4. The molecule has 0 fully saturated rings. The summed E-state index contributed by atoms with van der Waals surface area (Å²) < 4.78 is 11.1. The summed E-state index contributed by atoms with van der Waals surface area (Å²) >= 11 is 2.88. The lowest BCUT2D eigenvalue weighted by Crippen LogP contribution is -2.50. The summed E-state index contributed by atoms with van der Waals surface area (Å²) in [6.07, 6.45) is 3.61. The summed E-state index contributed by atoms with van der Waals surface area (Å²) in [6.45, 7) is 1.92. The van der Waals surface area contributed by atoms with E-state index < -0.39 is 12.2 Å². The van der Waals surface area contributed by atoms with Crippen LogP contribution in [0.4, 0.5) is 9.59 Å². The molecule has 2 N–H and O–H groups in total. The molecule has 0 aliphatic heterocycles. The third-order valence-corrected chi connectivity index (χ3v) is 8.65. The van der Waals surface area contributed by atoms with E-state index in [-0.39, 0.29) is 25.3 Å². The Hall–Kier alpha value is -4.58. The molecule has 3 aromatic carbocycles.